The van der Waals surface area contributed by atoms with E-state index < -0.39 is 15.9 Å². The van der Waals surface area contributed by atoms with Gasteiger partial charge in [0.05, 0.1) is 4.90 Å². The standard InChI is InChI=1S/C15H22N2O3S/c16-12-15(9-5-2-6-10-15)11-14(18)17-21(19,20)13-7-3-1-4-8-13/h1,3-4,7-8H,2,5-6,9-12,16H2,(H,17,18). The molecule has 2 rings (SSSR count). The van der Waals surface area contributed by atoms with Crippen molar-refractivity contribution >= 4 is 15.9 Å². The van der Waals surface area contributed by atoms with Crippen LogP contribution in [0.2, 0.25) is 0 Å². The fourth-order valence-electron chi connectivity index (χ4n) is 2.94. The summed E-state index contributed by atoms with van der Waals surface area (Å²) in [7, 11) is -3.79. The number of rotatable bonds is 5. The van der Waals surface area contributed by atoms with E-state index in [0.29, 0.717) is 6.54 Å². The number of hydrogen-bond acceptors (Lipinski definition) is 4. The first-order valence-corrected chi connectivity index (χ1v) is 8.77. The molecule has 1 fully saturated rings. The molecule has 1 aliphatic carbocycles. The maximum atomic E-state index is 12.1. The molecule has 0 aromatic heterocycles. The van der Waals surface area contributed by atoms with Gasteiger partial charge in [-0.2, -0.15) is 0 Å². The molecular formula is C15H22N2O3S. The summed E-state index contributed by atoms with van der Waals surface area (Å²) in [5, 5.41) is 0. The highest BCUT2D eigenvalue weighted by atomic mass is 32.2. The molecule has 0 saturated heterocycles. The molecule has 5 nitrogen and oxygen atoms in total. The van der Waals surface area contributed by atoms with Crippen LogP contribution in [0.15, 0.2) is 35.2 Å². The molecule has 0 aliphatic heterocycles. The average Bonchev–Trinajstić information content (AvgIpc) is 2.48. The van der Waals surface area contributed by atoms with Crippen LogP contribution in [0.3, 0.4) is 0 Å². The second-order valence-corrected chi connectivity index (χ2v) is 7.47. The van der Waals surface area contributed by atoms with Gasteiger partial charge in [-0.25, -0.2) is 13.1 Å². The van der Waals surface area contributed by atoms with E-state index in [1.165, 1.54) is 12.1 Å². The maximum Gasteiger partial charge on any atom is 0.264 e. The van der Waals surface area contributed by atoms with Crippen molar-refractivity contribution in [1.29, 1.82) is 0 Å². The third-order valence-corrected chi connectivity index (χ3v) is 5.57. The van der Waals surface area contributed by atoms with Crippen LogP contribution in [0.1, 0.15) is 38.5 Å². The van der Waals surface area contributed by atoms with Gasteiger partial charge in [-0.05, 0) is 36.9 Å². The first-order valence-electron chi connectivity index (χ1n) is 7.28. The van der Waals surface area contributed by atoms with E-state index in [9.17, 15) is 13.2 Å². The topological polar surface area (TPSA) is 89.3 Å². The molecule has 0 bridgehead atoms. The minimum atomic E-state index is -3.79. The van der Waals surface area contributed by atoms with E-state index in [1.54, 1.807) is 18.2 Å². The number of carbonyl (C=O) groups excluding carboxylic acids is 1. The molecule has 1 aliphatic rings. The largest absolute Gasteiger partial charge is 0.330 e. The zero-order chi connectivity index (χ0) is 15.3. The fourth-order valence-corrected chi connectivity index (χ4v) is 3.95. The van der Waals surface area contributed by atoms with Crippen molar-refractivity contribution in [1.82, 2.24) is 4.72 Å². The van der Waals surface area contributed by atoms with Crippen LogP contribution in [0.4, 0.5) is 0 Å². The first kappa shape index (κ1) is 16.0. The van der Waals surface area contributed by atoms with Gasteiger partial charge < -0.3 is 5.73 Å². The fraction of sp³-hybridized carbons (Fsp3) is 0.533. The first-order chi connectivity index (χ1) is 9.97. The van der Waals surface area contributed by atoms with Crippen molar-refractivity contribution in [2.75, 3.05) is 6.54 Å². The lowest BCUT2D eigenvalue weighted by Crippen LogP contribution is -2.40. The summed E-state index contributed by atoms with van der Waals surface area (Å²) in [5.41, 5.74) is 5.59. The van der Waals surface area contributed by atoms with Crippen molar-refractivity contribution < 1.29 is 13.2 Å². The summed E-state index contributed by atoms with van der Waals surface area (Å²) >= 11 is 0. The van der Waals surface area contributed by atoms with Crippen molar-refractivity contribution in [3.8, 4) is 0 Å². The Labute approximate surface area is 126 Å². The van der Waals surface area contributed by atoms with Crippen molar-refractivity contribution in [2.45, 2.75) is 43.4 Å². The van der Waals surface area contributed by atoms with Gasteiger partial charge in [0, 0.05) is 6.42 Å². The Morgan fingerprint density at radius 2 is 1.76 bits per heavy atom. The van der Waals surface area contributed by atoms with Gasteiger partial charge >= 0.3 is 0 Å². The lowest BCUT2D eigenvalue weighted by atomic mass is 9.72. The van der Waals surface area contributed by atoms with Gasteiger partial charge in [-0.15, -0.1) is 0 Å². The summed E-state index contributed by atoms with van der Waals surface area (Å²) < 4.78 is 26.4. The van der Waals surface area contributed by atoms with Gasteiger partial charge in [0.1, 0.15) is 0 Å². The van der Waals surface area contributed by atoms with Gasteiger partial charge in [-0.3, -0.25) is 4.79 Å². The minimum Gasteiger partial charge on any atom is -0.330 e. The van der Waals surface area contributed by atoms with Crippen LogP contribution in [0.25, 0.3) is 0 Å². The number of nitrogens with two attached hydrogens (primary N) is 1. The molecular weight excluding hydrogens is 288 g/mol. The Morgan fingerprint density at radius 1 is 1.14 bits per heavy atom. The van der Waals surface area contributed by atoms with Crippen LogP contribution in [-0.4, -0.2) is 20.9 Å². The predicted octanol–water partition coefficient (Wildman–Crippen LogP) is 1.79. The van der Waals surface area contributed by atoms with E-state index in [0.717, 1.165) is 32.1 Å². The summed E-state index contributed by atoms with van der Waals surface area (Å²) in [6.07, 6.45) is 5.22. The van der Waals surface area contributed by atoms with Crippen molar-refractivity contribution in [3.05, 3.63) is 30.3 Å². The van der Waals surface area contributed by atoms with E-state index in [4.69, 9.17) is 5.73 Å². The van der Waals surface area contributed by atoms with Gasteiger partial charge in [0.2, 0.25) is 5.91 Å². The molecule has 1 aromatic carbocycles. The average molecular weight is 310 g/mol. The maximum absolute atomic E-state index is 12.1. The van der Waals surface area contributed by atoms with E-state index in [1.807, 2.05) is 0 Å². The second-order valence-electron chi connectivity index (χ2n) is 5.78. The molecule has 0 radical (unpaired) electrons. The van der Waals surface area contributed by atoms with Gasteiger partial charge in [-0.1, -0.05) is 37.5 Å². The molecule has 1 amide bonds. The molecule has 3 N–H and O–H groups in total. The Balaban J connectivity index is 2.04. The lowest BCUT2D eigenvalue weighted by molar-refractivity contribution is -0.122. The van der Waals surface area contributed by atoms with E-state index >= 15 is 0 Å². The molecule has 1 saturated carbocycles. The summed E-state index contributed by atoms with van der Waals surface area (Å²) in [6.45, 7) is 0.422. The molecule has 0 unspecified atom stereocenters. The van der Waals surface area contributed by atoms with Crippen LogP contribution < -0.4 is 10.5 Å². The number of benzene rings is 1. The highest BCUT2D eigenvalue weighted by molar-refractivity contribution is 7.90. The third-order valence-electron chi connectivity index (χ3n) is 4.18. The van der Waals surface area contributed by atoms with Crippen LogP contribution in [-0.2, 0) is 14.8 Å². The number of carbonyl (C=O) groups is 1. The Kier molecular flexibility index (Phi) is 5.00. The third kappa shape index (κ3) is 4.04. The van der Waals surface area contributed by atoms with E-state index in [-0.39, 0.29) is 16.7 Å². The number of hydrogen-bond donors (Lipinski definition) is 2. The monoisotopic (exact) mass is 310 g/mol. The number of amides is 1. The van der Waals surface area contributed by atoms with Crippen LogP contribution in [0.5, 0.6) is 0 Å². The highest BCUT2D eigenvalue weighted by Crippen LogP contribution is 2.38. The van der Waals surface area contributed by atoms with Gasteiger partial charge in [0.15, 0.2) is 0 Å². The smallest absolute Gasteiger partial charge is 0.264 e. The van der Waals surface area contributed by atoms with Crippen molar-refractivity contribution in [3.63, 3.8) is 0 Å². The van der Waals surface area contributed by atoms with Crippen LogP contribution in [0, 0.1) is 5.41 Å². The van der Waals surface area contributed by atoms with E-state index in [2.05, 4.69) is 4.72 Å². The molecule has 116 valence electrons. The predicted molar refractivity (Wildman–Crippen MR) is 81.0 cm³/mol. The second kappa shape index (κ2) is 6.58. The molecule has 6 heteroatoms. The highest BCUT2D eigenvalue weighted by Gasteiger charge is 2.34. The minimum absolute atomic E-state index is 0.101. The molecule has 0 heterocycles. The Bertz CT molecular complexity index is 578. The SMILES string of the molecule is NCC1(CC(=O)NS(=O)(=O)c2ccccc2)CCCCC1. The lowest BCUT2D eigenvalue weighted by Gasteiger charge is -2.35. The normalized spacial score (nSPS) is 18.1. The summed E-state index contributed by atoms with van der Waals surface area (Å²) in [5.74, 6) is -0.466. The van der Waals surface area contributed by atoms with Crippen LogP contribution >= 0.6 is 0 Å². The zero-order valence-electron chi connectivity index (χ0n) is 12.0. The molecule has 21 heavy (non-hydrogen) atoms. The molecule has 0 atom stereocenters. The number of nitrogens with one attached hydrogen (secondary N) is 1. The quantitative estimate of drug-likeness (QED) is 0.867. The Morgan fingerprint density at radius 3 is 2.33 bits per heavy atom. The van der Waals surface area contributed by atoms with Gasteiger partial charge in [0.25, 0.3) is 10.0 Å². The summed E-state index contributed by atoms with van der Waals surface area (Å²) in [6, 6.07) is 7.92. The Hall–Kier alpha value is -1.40. The van der Waals surface area contributed by atoms with Crippen molar-refractivity contribution in [2.24, 2.45) is 11.1 Å². The zero-order valence-corrected chi connectivity index (χ0v) is 12.9. The molecule has 1 aromatic rings. The molecule has 0 spiro atoms. The number of sulfonamides is 1. The summed E-state index contributed by atoms with van der Waals surface area (Å²) in [4.78, 5) is 12.2.